The van der Waals surface area contributed by atoms with Crippen molar-refractivity contribution in [1.29, 1.82) is 0 Å². The Bertz CT molecular complexity index is 958. The minimum absolute atomic E-state index is 0.0437. The number of nitrogens with zero attached hydrogens (tertiary/aromatic N) is 3. The lowest BCUT2D eigenvalue weighted by molar-refractivity contribution is -0.138. The Morgan fingerprint density at radius 3 is 1.82 bits per heavy atom. The minimum Gasteiger partial charge on any atom is -0.502 e. The summed E-state index contributed by atoms with van der Waals surface area (Å²) in [5.74, 6) is -1.68. The normalized spacial score (nSPS) is 15.9. The number of ether oxygens (including phenoxy) is 3. The lowest BCUT2D eigenvalue weighted by Crippen LogP contribution is -2.52. The van der Waals surface area contributed by atoms with E-state index in [4.69, 9.17) is 24.4 Å². The number of rotatable bonds is 9. The molecule has 0 spiro atoms. The van der Waals surface area contributed by atoms with Crippen molar-refractivity contribution in [2.45, 2.75) is 12.8 Å². The number of hydrogen-bond donors (Lipinski definition) is 3. The Morgan fingerprint density at radius 1 is 0.842 bits per heavy atom. The van der Waals surface area contributed by atoms with E-state index in [9.17, 15) is 24.3 Å². The van der Waals surface area contributed by atoms with Crippen LogP contribution in [0.25, 0.3) is 0 Å². The molecule has 2 amide bonds. The van der Waals surface area contributed by atoms with Gasteiger partial charge in [-0.2, -0.15) is 0 Å². The highest BCUT2D eigenvalue weighted by Gasteiger charge is 2.25. The second-order valence-electron chi connectivity index (χ2n) is 8.51. The van der Waals surface area contributed by atoms with Crippen LogP contribution in [0.3, 0.4) is 0 Å². The molecule has 13 heteroatoms. The molecule has 0 saturated carbocycles. The molecule has 0 radical (unpaired) electrons. The van der Waals surface area contributed by atoms with Crippen molar-refractivity contribution in [3.05, 3.63) is 29.8 Å². The van der Waals surface area contributed by atoms with Crippen LogP contribution in [0, 0.1) is 0 Å². The second kappa shape index (κ2) is 15.4. The van der Waals surface area contributed by atoms with Gasteiger partial charge in [0.1, 0.15) is 0 Å². The van der Waals surface area contributed by atoms with E-state index < -0.39 is 11.9 Å². The summed E-state index contributed by atoms with van der Waals surface area (Å²) >= 11 is 0. The number of aryl methyl sites for hydroxylation is 1. The zero-order chi connectivity index (χ0) is 28.1. The highest BCUT2D eigenvalue weighted by Crippen LogP contribution is 2.37. The van der Waals surface area contributed by atoms with E-state index in [1.165, 1.54) is 14.2 Å². The molecule has 0 unspecified atom stereocenters. The van der Waals surface area contributed by atoms with Crippen LogP contribution in [-0.2, 0) is 30.3 Å². The molecule has 2 heterocycles. The number of carbonyl (C=O) groups excluding carboxylic acids is 2. The van der Waals surface area contributed by atoms with Crippen molar-refractivity contribution >= 4 is 23.8 Å². The maximum atomic E-state index is 12.6. The number of carboxylic acids is 2. The summed E-state index contributed by atoms with van der Waals surface area (Å²) in [6.45, 7) is 5.56. The maximum Gasteiger partial charge on any atom is 0.328 e. The number of benzene rings is 1. The van der Waals surface area contributed by atoms with E-state index in [0.29, 0.717) is 95.5 Å². The molecular weight excluding hydrogens is 502 g/mol. The molecule has 3 N–H and O–H groups in total. The molecule has 0 bridgehead atoms. The topological polar surface area (TPSA) is 166 Å². The second-order valence-corrected chi connectivity index (χ2v) is 8.51. The number of hydrogen-bond acceptors (Lipinski definition) is 9. The summed E-state index contributed by atoms with van der Waals surface area (Å²) in [6.07, 6.45) is 2.01. The molecular formula is C25H35N3O10. The first-order valence-corrected chi connectivity index (χ1v) is 12.1. The monoisotopic (exact) mass is 537 g/mol. The fraction of sp³-hybridized carbons (Fsp3) is 0.520. The van der Waals surface area contributed by atoms with Gasteiger partial charge in [-0.3, -0.25) is 14.5 Å². The van der Waals surface area contributed by atoms with E-state index in [0.717, 1.165) is 5.56 Å². The van der Waals surface area contributed by atoms with E-state index in [-0.39, 0.29) is 17.6 Å². The number of methoxy groups -OCH3 is 2. The van der Waals surface area contributed by atoms with Crippen LogP contribution in [0.1, 0.15) is 12.0 Å². The standard InChI is InChI=1S/C21H31N3O6.C4H4O4/c1-28-17-13-16(14-18(29-2)21(17)27)3-4-19(25)23-7-5-22(6-8-23)15-20(26)24-9-11-30-12-10-24;5-3(6)1-2-4(7)8/h13-14,27H,3-12,15H2,1-2H3;1-2H,(H,5,6)(H,7,8). The Kier molecular flexibility index (Phi) is 12.3. The minimum atomic E-state index is -1.26. The van der Waals surface area contributed by atoms with Crippen LogP contribution in [0.2, 0.25) is 0 Å². The predicted octanol–water partition coefficient (Wildman–Crippen LogP) is 0.0568. The number of morpholine rings is 1. The number of aromatic hydroxyl groups is 1. The number of aliphatic carboxylic acids is 2. The molecule has 0 aliphatic carbocycles. The molecule has 210 valence electrons. The van der Waals surface area contributed by atoms with Gasteiger partial charge in [0, 0.05) is 57.8 Å². The molecule has 2 saturated heterocycles. The summed E-state index contributed by atoms with van der Waals surface area (Å²) in [4.78, 5) is 49.9. The van der Waals surface area contributed by atoms with Gasteiger partial charge >= 0.3 is 11.9 Å². The lowest BCUT2D eigenvalue weighted by atomic mass is 10.1. The van der Waals surface area contributed by atoms with Gasteiger partial charge in [-0.15, -0.1) is 0 Å². The fourth-order valence-corrected chi connectivity index (χ4v) is 3.90. The smallest absolute Gasteiger partial charge is 0.328 e. The van der Waals surface area contributed by atoms with Crippen LogP contribution in [0.5, 0.6) is 17.2 Å². The van der Waals surface area contributed by atoms with E-state index in [1.54, 1.807) is 12.1 Å². The van der Waals surface area contributed by atoms with E-state index in [1.807, 2.05) is 9.80 Å². The molecule has 38 heavy (non-hydrogen) atoms. The molecule has 0 atom stereocenters. The lowest BCUT2D eigenvalue weighted by Gasteiger charge is -2.36. The summed E-state index contributed by atoms with van der Waals surface area (Å²) in [6, 6.07) is 3.45. The maximum absolute atomic E-state index is 12.6. The van der Waals surface area contributed by atoms with Crippen LogP contribution in [0.4, 0.5) is 0 Å². The van der Waals surface area contributed by atoms with Crippen molar-refractivity contribution in [3.63, 3.8) is 0 Å². The highest BCUT2D eigenvalue weighted by molar-refractivity contribution is 5.89. The van der Waals surface area contributed by atoms with Crippen molar-refractivity contribution < 1.29 is 48.7 Å². The van der Waals surface area contributed by atoms with Gasteiger partial charge in [0.05, 0.1) is 34.0 Å². The van der Waals surface area contributed by atoms with Gasteiger partial charge in [-0.05, 0) is 24.1 Å². The number of phenolic OH excluding ortho intramolecular Hbond substituents is 1. The third kappa shape index (κ3) is 9.90. The van der Waals surface area contributed by atoms with Gasteiger partial charge in [-0.25, -0.2) is 9.59 Å². The average Bonchev–Trinajstić information content (AvgIpc) is 2.92. The molecule has 0 aromatic heterocycles. The van der Waals surface area contributed by atoms with Crippen molar-refractivity contribution in [2.75, 3.05) is 73.2 Å². The molecule has 2 aliphatic heterocycles. The van der Waals surface area contributed by atoms with Gasteiger partial charge in [-0.1, -0.05) is 0 Å². The third-order valence-electron chi connectivity index (χ3n) is 5.98. The quantitative estimate of drug-likeness (QED) is 0.365. The SMILES string of the molecule is COc1cc(CCC(=O)N2CCN(CC(=O)N3CCOCC3)CC2)cc(OC)c1O.O=C(O)C=CC(=O)O. The van der Waals surface area contributed by atoms with E-state index >= 15 is 0 Å². The fourth-order valence-electron chi connectivity index (χ4n) is 3.90. The number of phenols is 1. The Balaban J connectivity index is 0.000000550. The van der Waals surface area contributed by atoms with Crippen LogP contribution >= 0.6 is 0 Å². The summed E-state index contributed by atoms with van der Waals surface area (Å²) in [7, 11) is 2.96. The third-order valence-corrected chi connectivity index (χ3v) is 5.98. The zero-order valence-corrected chi connectivity index (χ0v) is 21.6. The van der Waals surface area contributed by atoms with Crippen molar-refractivity contribution in [1.82, 2.24) is 14.7 Å². The summed E-state index contributed by atoms with van der Waals surface area (Å²) < 4.78 is 15.6. The Morgan fingerprint density at radius 2 is 1.34 bits per heavy atom. The highest BCUT2D eigenvalue weighted by atomic mass is 16.5. The van der Waals surface area contributed by atoms with Gasteiger partial charge in [0.2, 0.25) is 17.6 Å². The van der Waals surface area contributed by atoms with Gasteiger partial charge in [0.15, 0.2) is 11.5 Å². The largest absolute Gasteiger partial charge is 0.502 e. The summed E-state index contributed by atoms with van der Waals surface area (Å²) in [5.41, 5.74) is 0.865. The number of carboxylic acid groups (broad SMARTS) is 2. The van der Waals surface area contributed by atoms with Crippen molar-refractivity contribution in [2.24, 2.45) is 0 Å². The summed E-state index contributed by atoms with van der Waals surface area (Å²) in [5, 5.41) is 25.6. The number of piperazine rings is 1. The van der Waals surface area contributed by atoms with Crippen LogP contribution < -0.4 is 9.47 Å². The Hall–Kier alpha value is -3.84. The first-order valence-electron chi connectivity index (χ1n) is 12.1. The Labute approximate surface area is 220 Å². The molecule has 2 aliphatic rings. The van der Waals surface area contributed by atoms with Gasteiger partial charge < -0.3 is 39.3 Å². The molecule has 1 aromatic carbocycles. The first kappa shape index (κ1) is 30.4. The number of carbonyl (C=O) groups is 4. The molecule has 3 rings (SSSR count). The molecule has 13 nitrogen and oxygen atoms in total. The first-order chi connectivity index (χ1) is 18.1. The number of amides is 2. The van der Waals surface area contributed by atoms with Crippen LogP contribution in [-0.4, -0.2) is 127 Å². The zero-order valence-electron chi connectivity index (χ0n) is 21.6. The van der Waals surface area contributed by atoms with E-state index in [2.05, 4.69) is 4.90 Å². The van der Waals surface area contributed by atoms with Gasteiger partial charge in [0.25, 0.3) is 0 Å². The average molecular weight is 538 g/mol. The molecule has 1 aromatic rings. The van der Waals surface area contributed by atoms with Crippen molar-refractivity contribution in [3.8, 4) is 17.2 Å². The molecule has 2 fully saturated rings. The predicted molar refractivity (Wildman–Crippen MR) is 134 cm³/mol. The van der Waals surface area contributed by atoms with Crippen LogP contribution in [0.15, 0.2) is 24.3 Å².